The fourth-order valence-corrected chi connectivity index (χ4v) is 2.43. The van der Waals surface area contributed by atoms with Gasteiger partial charge in [-0.25, -0.2) is 4.98 Å². The normalized spacial score (nSPS) is 15.8. The summed E-state index contributed by atoms with van der Waals surface area (Å²) < 4.78 is 0. The lowest BCUT2D eigenvalue weighted by Gasteiger charge is -2.15. The summed E-state index contributed by atoms with van der Waals surface area (Å²) in [4.78, 5) is 16.2. The van der Waals surface area contributed by atoms with Gasteiger partial charge in [-0.05, 0) is 25.0 Å². The molecule has 0 unspecified atom stereocenters. The molecule has 0 spiro atoms. The van der Waals surface area contributed by atoms with Gasteiger partial charge in [-0.1, -0.05) is 37.5 Å². The Morgan fingerprint density at radius 3 is 2.65 bits per heavy atom. The standard InChI is InChI=1S/C16H20N2O2/c19-11-5-6-13-9-10-15(17-12-13)16(20)18-14-7-3-1-2-4-8-14/h9-10,12,14,19H,1-4,7-8,11H2,(H,18,20). The molecule has 2 N–H and O–H groups in total. The third kappa shape index (κ3) is 4.36. The van der Waals surface area contributed by atoms with Crippen LogP contribution in [0.5, 0.6) is 0 Å². The van der Waals surface area contributed by atoms with Gasteiger partial charge >= 0.3 is 0 Å². The van der Waals surface area contributed by atoms with E-state index < -0.39 is 0 Å². The van der Waals surface area contributed by atoms with Crippen molar-refractivity contribution >= 4 is 5.91 Å². The monoisotopic (exact) mass is 272 g/mol. The quantitative estimate of drug-likeness (QED) is 0.638. The Balaban J connectivity index is 1.94. The van der Waals surface area contributed by atoms with Crippen LogP contribution in [0.2, 0.25) is 0 Å². The number of carbonyl (C=O) groups excluding carboxylic acids is 1. The highest BCUT2D eigenvalue weighted by molar-refractivity contribution is 5.92. The van der Waals surface area contributed by atoms with Gasteiger partial charge in [-0.2, -0.15) is 0 Å². The fraction of sp³-hybridized carbons (Fsp3) is 0.500. The Labute approximate surface area is 119 Å². The lowest BCUT2D eigenvalue weighted by molar-refractivity contribution is 0.0928. The Morgan fingerprint density at radius 2 is 2.05 bits per heavy atom. The highest BCUT2D eigenvalue weighted by atomic mass is 16.2. The van der Waals surface area contributed by atoms with Crippen LogP contribution in [-0.2, 0) is 0 Å². The topological polar surface area (TPSA) is 62.2 Å². The molecule has 4 nitrogen and oxygen atoms in total. The first-order chi connectivity index (χ1) is 9.79. The first kappa shape index (κ1) is 14.5. The molecular formula is C16H20N2O2. The first-order valence-electron chi connectivity index (χ1n) is 7.16. The number of rotatable bonds is 2. The van der Waals surface area contributed by atoms with Crippen molar-refractivity contribution in [2.45, 2.75) is 44.6 Å². The van der Waals surface area contributed by atoms with Crippen LogP contribution >= 0.6 is 0 Å². The molecule has 1 aromatic rings. The van der Waals surface area contributed by atoms with E-state index in [2.05, 4.69) is 22.1 Å². The summed E-state index contributed by atoms with van der Waals surface area (Å²) in [5.41, 5.74) is 1.12. The molecule has 1 saturated carbocycles. The number of amides is 1. The molecule has 1 aromatic heterocycles. The van der Waals surface area contributed by atoms with Crippen LogP contribution in [0.15, 0.2) is 18.3 Å². The maximum Gasteiger partial charge on any atom is 0.270 e. The van der Waals surface area contributed by atoms with E-state index in [0.29, 0.717) is 11.3 Å². The Bertz CT molecular complexity index is 491. The van der Waals surface area contributed by atoms with Crippen LogP contribution in [0.1, 0.15) is 54.6 Å². The van der Waals surface area contributed by atoms with Gasteiger partial charge in [0.05, 0.1) is 0 Å². The van der Waals surface area contributed by atoms with Crippen molar-refractivity contribution in [3.8, 4) is 11.8 Å². The van der Waals surface area contributed by atoms with Crippen LogP contribution < -0.4 is 5.32 Å². The summed E-state index contributed by atoms with van der Waals surface area (Å²) in [5.74, 6) is 5.19. The number of aliphatic hydroxyl groups excluding tert-OH is 1. The van der Waals surface area contributed by atoms with Crippen LogP contribution in [0, 0.1) is 11.8 Å². The zero-order valence-corrected chi connectivity index (χ0v) is 11.6. The predicted molar refractivity (Wildman–Crippen MR) is 77.2 cm³/mol. The number of hydrogen-bond donors (Lipinski definition) is 2. The molecule has 0 aromatic carbocycles. The summed E-state index contributed by atoms with van der Waals surface area (Å²) in [6.45, 7) is -0.177. The molecule has 1 amide bonds. The van der Waals surface area contributed by atoms with Gasteiger partial charge in [-0.3, -0.25) is 4.79 Å². The summed E-state index contributed by atoms with van der Waals surface area (Å²) >= 11 is 0. The number of hydrogen-bond acceptors (Lipinski definition) is 3. The Morgan fingerprint density at radius 1 is 1.30 bits per heavy atom. The second-order valence-electron chi connectivity index (χ2n) is 5.05. The van der Waals surface area contributed by atoms with Gasteiger partial charge in [0.1, 0.15) is 12.3 Å². The zero-order valence-electron chi connectivity index (χ0n) is 11.6. The molecule has 1 fully saturated rings. The maximum atomic E-state index is 12.1. The highest BCUT2D eigenvalue weighted by Gasteiger charge is 2.16. The maximum absolute atomic E-state index is 12.1. The van der Waals surface area contributed by atoms with Crippen molar-refractivity contribution in [2.75, 3.05) is 6.61 Å². The van der Waals surface area contributed by atoms with Gasteiger partial charge in [-0.15, -0.1) is 0 Å². The minimum Gasteiger partial charge on any atom is -0.384 e. The summed E-state index contributed by atoms with van der Waals surface area (Å²) in [7, 11) is 0. The molecule has 4 heteroatoms. The molecule has 1 heterocycles. The van der Waals surface area contributed by atoms with E-state index in [9.17, 15) is 4.79 Å². The van der Waals surface area contributed by atoms with Crippen molar-refractivity contribution in [3.05, 3.63) is 29.6 Å². The van der Waals surface area contributed by atoms with E-state index in [1.807, 2.05) is 0 Å². The van der Waals surface area contributed by atoms with Gasteiger partial charge < -0.3 is 10.4 Å². The number of nitrogens with zero attached hydrogens (tertiary/aromatic N) is 1. The smallest absolute Gasteiger partial charge is 0.270 e. The number of pyridine rings is 1. The van der Waals surface area contributed by atoms with Crippen molar-refractivity contribution in [1.29, 1.82) is 0 Å². The Hall–Kier alpha value is -1.86. The van der Waals surface area contributed by atoms with Gasteiger partial charge in [0.25, 0.3) is 5.91 Å². The molecule has 0 atom stereocenters. The van der Waals surface area contributed by atoms with Crippen LogP contribution in [0.4, 0.5) is 0 Å². The van der Waals surface area contributed by atoms with Gasteiger partial charge in [0, 0.05) is 17.8 Å². The second-order valence-corrected chi connectivity index (χ2v) is 5.05. The molecule has 2 rings (SSSR count). The number of carbonyl (C=O) groups is 1. The van der Waals surface area contributed by atoms with Crippen molar-refractivity contribution < 1.29 is 9.90 Å². The largest absolute Gasteiger partial charge is 0.384 e. The first-order valence-corrected chi connectivity index (χ1v) is 7.16. The van der Waals surface area contributed by atoms with Gasteiger partial charge in [0.2, 0.25) is 0 Å². The molecule has 1 aliphatic carbocycles. The molecule has 0 saturated heterocycles. The minimum atomic E-state index is -0.177. The molecule has 1 aliphatic rings. The van der Waals surface area contributed by atoms with E-state index in [0.717, 1.165) is 12.8 Å². The molecule has 0 bridgehead atoms. The second kappa shape index (κ2) is 7.66. The minimum absolute atomic E-state index is 0.112. The van der Waals surface area contributed by atoms with Crippen LogP contribution in [-0.4, -0.2) is 28.6 Å². The molecule has 0 aliphatic heterocycles. The van der Waals surface area contributed by atoms with Crippen molar-refractivity contribution in [1.82, 2.24) is 10.3 Å². The summed E-state index contributed by atoms with van der Waals surface area (Å²) in [6, 6.07) is 3.70. The van der Waals surface area contributed by atoms with Crippen LogP contribution in [0.3, 0.4) is 0 Å². The van der Waals surface area contributed by atoms with E-state index in [1.54, 1.807) is 18.3 Å². The molecule has 0 radical (unpaired) electrons. The molecule has 106 valence electrons. The molecular weight excluding hydrogens is 252 g/mol. The molecule has 20 heavy (non-hydrogen) atoms. The van der Waals surface area contributed by atoms with Gasteiger partial charge in [0.15, 0.2) is 0 Å². The highest BCUT2D eigenvalue weighted by Crippen LogP contribution is 2.17. The zero-order chi connectivity index (χ0) is 14.2. The van der Waals surface area contributed by atoms with Crippen LogP contribution in [0.25, 0.3) is 0 Å². The number of nitrogens with one attached hydrogen (secondary N) is 1. The summed E-state index contributed by atoms with van der Waals surface area (Å²) in [6.07, 6.45) is 8.59. The number of aliphatic hydroxyl groups is 1. The lowest BCUT2D eigenvalue weighted by atomic mass is 10.1. The van der Waals surface area contributed by atoms with E-state index >= 15 is 0 Å². The van der Waals surface area contributed by atoms with Crippen molar-refractivity contribution in [2.24, 2.45) is 0 Å². The number of aromatic nitrogens is 1. The van der Waals surface area contributed by atoms with E-state index in [4.69, 9.17) is 5.11 Å². The van der Waals surface area contributed by atoms with E-state index in [-0.39, 0.29) is 18.6 Å². The predicted octanol–water partition coefficient (Wildman–Crippen LogP) is 1.88. The Kier molecular flexibility index (Phi) is 5.57. The third-order valence-electron chi connectivity index (χ3n) is 3.50. The SMILES string of the molecule is O=C(NC1CCCCCC1)c1ccc(C#CCO)cn1. The average Bonchev–Trinajstić information content (AvgIpc) is 2.74. The van der Waals surface area contributed by atoms with E-state index in [1.165, 1.54) is 25.7 Å². The fourth-order valence-electron chi connectivity index (χ4n) is 2.43. The van der Waals surface area contributed by atoms with Crippen molar-refractivity contribution in [3.63, 3.8) is 0 Å². The third-order valence-corrected chi connectivity index (χ3v) is 3.50. The summed E-state index contributed by atoms with van der Waals surface area (Å²) in [5, 5.41) is 11.7. The lowest BCUT2D eigenvalue weighted by Crippen LogP contribution is -2.34. The average molecular weight is 272 g/mol.